The quantitative estimate of drug-likeness (QED) is 0.873. The van der Waals surface area contributed by atoms with Crippen LogP contribution in [0.1, 0.15) is 11.3 Å². The van der Waals surface area contributed by atoms with Crippen LogP contribution in [0, 0.1) is 6.92 Å². The summed E-state index contributed by atoms with van der Waals surface area (Å²) < 4.78 is 0. The fourth-order valence-electron chi connectivity index (χ4n) is 1.80. The number of nitrogens with zero attached hydrogens (tertiary/aromatic N) is 2. The fourth-order valence-corrected chi connectivity index (χ4v) is 1.80. The fraction of sp³-hybridized carbons (Fsp3) is 0.154. The highest BCUT2D eigenvalue weighted by molar-refractivity contribution is 5.76. The minimum Gasteiger partial charge on any atom is -0.481 e. The van der Waals surface area contributed by atoms with E-state index in [-0.39, 0.29) is 6.42 Å². The van der Waals surface area contributed by atoms with Gasteiger partial charge < -0.3 is 5.11 Å². The molecule has 0 radical (unpaired) electrons. The molecule has 0 saturated carbocycles. The van der Waals surface area contributed by atoms with E-state index < -0.39 is 5.97 Å². The van der Waals surface area contributed by atoms with Gasteiger partial charge in [0.25, 0.3) is 0 Å². The maximum Gasteiger partial charge on any atom is 0.309 e. The smallest absolute Gasteiger partial charge is 0.309 e. The summed E-state index contributed by atoms with van der Waals surface area (Å²) in [6.45, 7) is 1.95. The molecule has 2 aromatic rings. The molecular weight excluding hydrogens is 216 g/mol. The molecule has 4 nitrogen and oxygen atoms in total. The van der Waals surface area contributed by atoms with E-state index in [2.05, 4.69) is 9.97 Å². The predicted octanol–water partition coefficient (Wildman–Crippen LogP) is 2.08. The van der Waals surface area contributed by atoms with Gasteiger partial charge >= 0.3 is 5.97 Å². The number of hydrogen-bond donors (Lipinski definition) is 1. The third kappa shape index (κ3) is 2.47. The second kappa shape index (κ2) is 4.74. The first-order valence-corrected chi connectivity index (χ1v) is 5.25. The van der Waals surface area contributed by atoms with Crippen molar-refractivity contribution in [1.82, 2.24) is 9.97 Å². The summed E-state index contributed by atoms with van der Waals surface area (Å²) in [7, 11) is 0. The topological polar surface area (TPSA) is 63.1 Å². The maximum atomic E-state index is 10.8. The van der Waals surface area contributed by atoms with E-state index in [4.69, 9.17) is 5.11 Å². The third-order valence-electron chi connectivity index (χ3n) is 2.53. The SMILES string of the molecule is Cc1ccnc(CC(=O)O)c1-c1ccncc1. The number of aromatic nitrogens is 2. The number of aliphatic carboxylic acids is 1. The van der Waals surface area contributed by atoms with Crippen molar-refractivity contribution in [2.45, 2.75) is 13.3 Å². The monoisotopic (exact) mass is 228 g/mol. The molecule has 86 valence electrons. The average Bonchev–Trinajstić information content (AvgIpc) is 2.29. The summed E-state index contributed by atoms with van der Waals surface area (Å²) in [5, 5.41) is 8.88. The van der Waals surface area contributed by atoms with E-state index in [0.717, 1.165) is 16.7 Å². The Balaban J connectivity index is 2.55. The van der Waals surface area contributed by atoms with Crippen LogP contribution in [0.25, 0.3) is 11.1 Å². The Labute approximate surface area is 99.0 Å². The second-order valence-corrected chi connectivity index (χ2v) is 3.76. The first kappa shape index (κ1) is 11.3. The zero-order valence-corrected chi connectivity index (χ0v) is 9.42. The lowest BCUT2D eigenvalue weighted by Crippen LogP contribution is -2.05. The van der Waals surface area contributed by atoms with Crippen LogP contribution in [0.15, 0.2) is 36.8 Å². The lowest BCUT2D eigenvalue weighted by molar-refractivity contribution is -0.136. The summed E-state index contributed by atoms with van der Waals surface area (Å²) in [4.78, 5) is 18.9. The molecule has 0 atom stereocenters. The lowest BCUT2D eigenvalue weighted by atomic mass is 9.99. The zero-order valence-electron chi connectivity index (χ0n) is 9.42. The van der Waals surface area contributed by atoms with E-state index in [0.29, 0.717) is 5.69 Å². The largest absolute Gasteiger partial charge is 0.481 e. The molecule has 0 aromatic carbocycles. The highest BCUT2D eigenvalue weighted by atomic mass is 16.4. The summed E-state index contributed by atoms with van der Waals surface area (Å²) >= 11 is 0. The second-order valence-electron chi connectivity index (χ2n) is 3.76. The number of carboxylic acids is 1. The molecule has 0 bridgehead atoms. The van der Waals surface area contributed by atoms with Crippen molar-refractivity contribution in [2.24, 2.45) is 0 Å². The first-order valence-electron chi connectivity index (χ1n) is 5.25. The van der Waals surface area contributed by atoms with Crippen LogP contribution in [0.5, 0.6) is 0 Å². The third-order valence-corrected chi connectivity index (χ3v) is 2.53. The molecule has 0 fully saturated rings. The standard InChI is InChI=1S/C13H12N2O2/c1-9-2-7-15-11(8-12(16)17)13(9)10-3-5-14-6-4-10/h2-7H,8H2,1H3,(H,16,17). The van der Waals surface area contributed by atoms with Gasteiger partial charge in [0.1, 0.15) is 0 Å². The summed E-state index contributed by atoms with van der Waals surface area (Å²) in [6.07, 6.45) is 4.94. The Hall–Kier alpha value is -2.23. The van der Waals surface area contributed by atoms with Gasteiger partial charge in [-0.15, -0.1) is 0 Å². The van der Waals surface area contributed by atoms with Crippen molar-refractivity contribution >= 4 is 5.97 Å². The van der Waals surface area contributed by atoms with Crippen LogP contribution < -0.4 is 0 Å². The minimum atomic E-state index is -0.876. The molecule has 17 heavy (non-hydrogen) atoms. The van der Waals surface area contributed by atoms with Crippen molar-refractivity contribution in [3.63, 3.8) is 0 Å². The molecule has 0 amide bonds. The molecule has 2 aromatic heterocycles. The van der Waals surface area contributed by atoms with Gasteiger partial charge in [-0.3, -0.25) is 14.8 Å². The molecule has 1 N–H and O–H groups in total. The summed E-state index contributed by atoms with van der Waals surface area (Å²) in [5.74, 6) is -0.876. The van der Waals surface area contributed by atoms with E-state index in [1.165, 1.54) is 0 Å². The van der Waals surface area contributed by atoms with Gasteiger partial charge in [-0.25, -0.2) is 0 Å². The molecular formula is C13H12N2O2. The van der Waals surface area contributed by atoms with E-state index in [1.54, 1.807) is 18.6 Å². The van der Waals surface area contributed by atoms with Crippen LogP contribution in [0.4, 0.5) is 0 Å². The average molecular weight is 228 g/mol. The molecule has 2 rings (SSSR count). The van der Waals surface area contributed by atoms with Gasteiger partial charge in [-0.1, -0.05) is 0 Å². The van der Waals surface area contributed by atoms with Crippen LogP contribution in [0.2, 0.25) is 0 Å². The number of pyridine rings is 2. The highest BCUT2D eigenvalue weighted by Crippen LogP contribution is 2.25. The molecule has 0 unspecified atom stereocenters. The Morgan fingerprint density at radius 3 is 2.59 bits per heavy atom. The molecule has 0 aliphatic rings. The van der Waals surface area contributed by atoms with Gasteiger partial charge in [0.15, 0.2) is 0 Å². The van der Waals surface area contributed by atoms with Gasteiger partial charge in [-0.05, 0) is 36.2 Å². The van der Waals surface area contributed by atoms with Crippen LogP contribution in [-0.4, -0.2) is 21.0 Å². The Bertz CT molecular complexity index is 538. The van der Waals surface area contributed by atoms with Crippen molar-refractivity contribution in [3.05, 3.63) is 48.0 Å². The van der Waals surface area contributed by atoms with E-state index in [9.17, 15) is 4.79 Å². The van der Waals surface area contributed by atoms with Gasteiger partial charge in [0.05, 0.1) is 12.1 Å². The van der Waals surface area contributed by atoms with Crippen molar-refractivity contribution in [2.75, 3.05) is 0 Å². The number of carbonyl (C=O) groups is 1. The van der Waals surface area contributed by atoms with E-state index >= 15 is 0 Å². The number of hydrogen-bond acceptors (Lipinski definition) is 3. The summed E-state index contributed by atoms with van der Waals surface area (Å²) in [6, 6.07) is 5.59. The molecule has 0 aliphatic heterocycles. The number of rotatable bonds is 3. The number of aryl methyl sites for hydroxylation is 1. The Kier molecular flexibility index (Phi) is 3.14. The minimum absolute atomic E-state index is 0.0701. The normalized spacial score (nSPS) is 10.2. The van der Waals surface area contributed by atoms with Crippen molar-refractivity contribution in [3.8, 4) is 11.1 Å². The van der Waals surface area contributed by atoms with Crippen LogP contribution in [-0.2, 0) is 11.2 Å². The van der Waals surface area contributed by atoms with Gasteiger partial charge in [-0.2, -0.15) is 0 Å². The molecule has 2 heterocycles. The number of carboxylic acid groups (broad SMARTS) is 1. The first-order chi connectivity index (χ1) is 8.18. The Morgan fingerprint density at radius 1 is 1.24 bits per heavy atom. The van der Waals surface area contributed by atoms with Crippen molar-refractivity contribution in [1.29, 1.82) is 0 Å². The summed E-state index contributed by atoms with van der Waals surface area (Å²) in [5.41, 5.74) is 3.44. The Morgan fingerprint density at radius 2 is 1.94 bits per heavy atom. The van der Waals surface area contributed by atoms with E-state index in [1.807, 2.05) is 25.1 Å². The highest BCUT2D eigenvalue weighted by Gasteiger charge is 2.12. The van der Waals surface area contributed by atoms with Crippen LogP contribution >= 0.6 is 0 Å². The maximum absolute atomic E-state index is 10.8. The van der Waals surface area contributed by atoms with Crippen molar-refractivity contribution < 1.29 is 9.90 Å². The zero-order chi connectivity index (χ0) is 12.3. The van der Waals surface area contributed by atoms with Gasteiger partial charge in [0, 0.05) is 24.2 Å². The van der Waals surface area contributed by atoms with Crippen LogP contribution in [0.3, 0.4) is 0 Å². The van der Waals surface area contributed by atoms with Gasteiger partial charge in [0.2, 0.25) is 0 Å². The molecule has 0 saturated heterocycles. The molecule has 4 heteroatoms. The predicted molar refractivity (Wildman–Crippen MR) is 63.5 cm³/mol. The molecule has 0 aliphatic carbocycles. The lowest BCUT2D eigenvalue weighted by Gasteiger charge is -2.10. The molecule has 0 spiro atoms.